The zero-order valence-corrected chi connectivity index (χ0v) is 13.4. The second kappa shape index (κ2) is 5.72. The first-order chi connectivity index (χ1) is 9.96. The van der Waals surface area contributed by atoms with Crippen LogP contribution in [0.2, 0.25) is 0 Å². The molecule has 0 aromatic carbocycles. The van der Waals surface area contributed by atoms with Gasteiger partial charge >= 0.3 is 0 Å². The summed E-state index contributed by atoms with van der Waals surface area (Å²) in [5.74, 6) is 0.683. The van der Waals surface area contributed by atoms with Crippen molar-refractivity contribution in [3.8, 4) is 0 Å². The summed E-state index contributed by atoms with van der Waals surface area (Å²) in [6.07, 6.45) is 2.40. The molecule has 0 spiro atoms. The van der Waals surface area contributed by atoms with Gasteiger partial charge in [0, 0.05) is 31.7 Å². The largest absolute Gasteiger partial charge is 0.447 e. The standard InChI is InChI=1S/C14H23N3O3S/c1-11-10-16(2)7-8-17(11)21(18,19)14-6-5-13(20-14)9-15-12-3-4-12/h5-6,11-12,15H,3-4,7-10H2,1-2H3. The number of furan rings is 1. The molecule has 1 aliphatic carbocycles. The molecule has 6 nitrogen and oxygen atoms in total. The maximum absolute atomic E-state index is 12.7. The molecule has 0 bridgehead atoms. The molecule has 1 saturated carbocycles. The zero-order chi connectivity index (χ0) is 15.0. The topological polar surface area (TPSA) is 65.8 Å². The van der Waals surface area contributed by atoms with Gasteiger partial charge in [0.2, 0.25) is 5.09 Å². The van der Waals surface area contributed by atoms with E-state index in [1.165, 1.54) is 12.8 Å². The van der Waals surface area contributed by atoms with E-state index < -0.39 is 10.0 Å². The quantitative estimate of drug-likeness (QED) is 0.873. The van der Waals surface area contributed by atoms with Crippen LogP contribution in [0.3, 0.4) is 0 Å². The number of hydrogen-bond donors (Lipinski definition) is 1. The maximum Gasteiger partial charge on any atom is 0.276 e. The molecular weight excluding hydrogens is 290 g/mol. The second-order valence-corrected chi connectivity index (χ2v) is 7.92. The van der Waals surface area contributed by atoms with E-state index in [1.54, 1.807) is 16.4 Å². The summed E-state index contributed by atoms with van der Waals surface area (Å²) < 4.78 is 32.4. The summed E-state index contributed by atoms with van der Waals surface area (Å²) in [6.45, 7) is 4.54. The van der Waals surface area contributed by atoms with E-state index in [0.717, 1.165) is 13.1 Å². The van der Waals surface area contributed by atoms with E-state index in [4.69, 9.17) is 4.42 Å². The van der Waals surface area contributed by atoms with Crippen molar-refractivity contribution in [2.24, 2.45) is 0 Å². The minimum Gasteiger partial charge on any atom is -0.447 e. The van der Waals surface area contributed by atoms with Crippen molar-refractivity contribution in [3.05, 3.63) is 17.9 Å². The summed E-state index contributed by atoms with van der Waals surface area (Å²) in [4.78, 5) is 2.14. The van der Waals surface area contributed by atoms with E-state index in [2.05, 4.69) is 10.2 Å². The third-order valence-electron chi connectivity index (χ3n) is 4.11. The van der Waals surface area contributed by atoms with Crippen molar-refractivity contribution in [1.29, 1.82) is 0 Å². The van der Waals surface area contributed by atoms with Crippen LogP contribution >= 0.6 is 0 Å². The van der Waals surface area contributed by atoms with E-state index in [1.807, 2.05) is 14.0 Å². The number of hydrogen-bond acceptors (Lipinski definition) is 5. The number of sulfonamides is 1. The van der Waals surface area contributed by atoms with Gasteiger partial charge in [0.15, 0.2) is 0 Å². The van der Waals surface area contributed by atoms with Crippen LogP contribution in [-0.2, 0) is 16.6 Å². The lowest BCUT2D eigenvalue weighted by Gasteiger charge is -2.36. The van der Waals surface area contributed by atoms with Gasteiger partial charge in [-0.05, 0) is 38.9 Å². The molecule has 118 valence electrons. The Balaban J connectivity index is 1.71. The normalized spacial score (nSPS) is 25.3. The fraction of sp³-hybridized carbons (Fsp3) is 0.714. The third-order valence-corrected chi connectivity index (χ3v) is 6.00. The molecule has 2 heterocycles. The minimum absolute atomic E-state index is 0.0353. The Morgan fingerprint density at radius 3 is 2.76 bits per heavy atom. The van der Waals surface area contributed by atoms with Crippen LogP contribution < -0.4 is 5.32 Å². The molecule has 1 atom stereocenters. The van der Waals surface area contributed by atoms with Crippen molar-refractivity contribution in [2.75, 3.05) is 26.7 Å². The molecule has 2 fully saturated rings. The third kappa shape index (κ3) is 3.31. The molecule has 1 aromatic heterocycles. The van der Waals surface area contributed by atoms with Crippen molar-refractivity contribution in [2.45, 2.75) is 43.5 Å². The van der Waals surface area contributed by atoms with Crippen molar-refractivity contribution in [3.63, 3.8) is 0 Å². The predicted octanol–water partition coefficient (Wildman–Crippen LogP) is 0.856. The first kappa shape index (κ1) is 15.0. The lowest BCUT2D eigenvalue weighted by molar-refractivity contribution is 0.168. The van der Waals surface area contributed by atoms with E-state index in [0.29, 0.717) is 24.9 Å². The molecule has 2 aliphatic rings. The van der Waals surface area contributed by atoms with Gasteiger partial charge in [-0.15, -0.1) is 0 Å². The van der Waals surface area contributed by atoms with Crippen LogP contribution in [0.1, 0.15) is 25.5 Å². The molecule has 3 rings (SSSR count). The fourth-order valence-corrected chi connectivity index (χ4v) is 4.27. The highest BCUT2D eigenvalue weighted by Gasteiger charge is 2.34. The number of nitrogens with one attached hydrogen (secondary N) is 1. The summed E-state index contributed by atoms with van der Waals surface area (Å²) in [6, 6.07) is 3.87. The second-order valence-electron chi connectivity index (χ2n) is 6.10. The Hall–Kier alpha value is -0.890. The van der Waals surface area contributed by atoms with Crippen LogP contribution in [0.15, 0.2) is 21.6 Å². The maximum atomic E-state index is 12.7. The van der Waals surface area contributed by atoms with Crippen LogP contribution in [0, 0.1) is 0 Å². The van der Waals surface area contributed by atoms with Gasteiger partial charge in [-0.1, -0.05) is 0 Å². The molecule has 21 heavy (non-hydrogen) atoms. The van der Waals surface area contributed by atoms with Gasteiger partial charge in [-0.2, -0.15) is 4.31 Å². The zero-order valence-electron chi connectivity index (χ0n) is 12.6. The predicted molar refractivity (Wildman–Crippen MR) is 79.4 cm³/mol. The lowest BCUT2D eigenvalue weighted by atomic mass is 10.2. The summed E-state index contributed by atoms with van der Waals surface area (Å²) in [5, 5.41) is 3.38. The molecule has 1 aromatic rings. The molecular formula is C14H23N3O3S. The van der Waals surface area contributed by atoms with Crippen LogP contribution in [0.4, 0.5) is 0 Å². The van der Waals surface area contributed by atoms with Crippen molar-refractivity contribution >= 4 is 10.0 Å². The van der Waals surface area contributed by atoms with Crippen LogP contribution in [-0.4, -0.2) is 56.4 Å². The Morgan fingerprint density at radius 1 is 1.33 bits per heavy atom. The van der Waals surface area contributed by atoms with Gasteiger partial charge < -0.3 is 14.6 Å². The van der Waals surface area contributed by atoms with Crippen LogP contribution in [0.5, 0.6) is 0 Å². The summed E-state index contributed by atoms with van der Waals surface area (Å²) in [5.41, 5.74) is 0. The molecule has 0 radical (unpaired) electrons. The Labute approximate surface area is 126 Å². The number of likely N-dealkylation sites (N-methyl/N-ethyl adjacent to an activating group) is 1. The highest BCUT2D eigenvalue weighted by Crippen LogP contribution is 2.24. The van der Waals surface area contributed by atoms with Crippen LogP contribution in [0.25, 0.3) is 0 Å². The molecule has 0 amide bonds. The van der Waals surface area contributed by atoms with Gasteiger partial charge in [0.25, 0.3) is 10.0 Å². The van der Waals surface area contributed by atoms with Gasteiger partial charge in [0.1, 0.15) is 5.76 Å². The number of piperazine rings is 1. The molecule has 1 N–H and O–H groups in total. The first-order valence-electron chi connectivity index (χ1n) is 7.49. The van der Waals surface area contributed by atoms with Gasteiger partial charge in [0.05, 0.1) is 6.54 Å². The van der Waals surface area contributed by atoms with Gasteiger partial charge in [-0.3, -0.25) is 0 Å². The highest BCUT2D eigenvalue weighted by molar-refractivity contribution is 7.89. The van der Waals surface area contributed by atoms with Crippen molar-refractivity contribution in [1.82, 2.24) is 14.5 Å². The SMILES string of the molecule is CC1CN(C)CCN1S(=O)(=O)c1ccc(CNC2CC2)o1. The molecule has 1 saturated heterocycles. The molecule has 1 unspecified atom stereocenters. The average Bonchev–Trinajstić information content (AvgIpc) is 3.12. The monoisotopic (exact) mass is 313 g/mol. The molecule has 1 aliphatic heterocycles. The minimum atomic E-state index is -3.52. The Bertz CT molecular complexity index is 594. The lowest BCUT2D eigenvalue weighted by Crippen LogP contribution is -2.52. The molecule has 7 heteroatoms. The number of nitrogens with zero attached hydrogens (tertiary/aromatic N) is 2. The van der Waals surface area contributed by atoms with Crippen molar-refractivity contribution < 1.29 is 12.8 Å². The fourth-order valence-electron chi connectivity index (χ4n) is 2.72. The van der Waals surface area contributed by atoms with E-state index in [-0.39, 0.29) is 11.1 Å². The number of rotatable bonds is 5. The Kier molecular flexibility index (Phi) is 4.09. The highest BCUT2D eigenvalue weighted by atomic mass is 32.2. The Morgan fingerprint density at radius 2 is 2.10 bits per heavy atom. The van der Waals surface area contributed by atoms with E-state index in [9.17, 15) is 8.42 Å². The van der Waals surface area contributed by atoms with E-state index >= 15 is 0 Å². The average molecular weight is 313 g/mol. The first-order valence-corrected chi connectivity index (χ1v) is 8.93. The summed E-state index contributed by atoms with van der Waals surface area (Å²) >= 11 is 0. The smallest absolute Gasteiger partial charge is 0.276 e. The summed E-state index contributed by atoms with van der Waals surface area (Å²) in [7, 11) is -1.52. The van der Waals surface area contributed by atoms with Gasteiger partial charge in [-0.25, -0.2) is 8.42 Å².